The van der Waals surface area contributed by atoms with Crippen molar-refractivity contribution in [2.24, 2.45) is 0 Å². The molecular formula is C24H20FN3O4S2. The van der Waals surface area contributed by atoms with Crippen LogP contribution in [0.5, 0.6) is 5.75 Å². The molecule has 0 atom stereocenters. The van der Waals surface area contributed by atoms with Gasteiger partial charge in [-0.15, -0.1) is 11.3 Å². The fourth-order valence-electron chi connectivity index (χ4n) is 3.17. The lowest BCUT2D eigenvalue weighted by atomic mass is 10.2. The Balaban J connectivity index is 1.50. The average Bonchev–Trinajstić information content (AvgIpc) is 3.27. The molecule has 0 spiro atoms. The van der Waals surface area contributed by atoms with Gasteiger partial charge in [0.15, 0.2) is 0 Å². The zero-order valence-corrected chi connectivity index (χ0v) is 19.6. The third-order valence-electron chi connectivity index (χ3n) is 4.56. The summed E-state index contributed by atoms with van der Waals surface area (Å²) in [5.74, 6) is -0.572. The van der Waals surface area contributed by atoms with Crippen molar-refractivity contribution in [2.75, 3.05) is 16.3 Å². The smallest absolute Gasteiger partial charge is 0.265 e. The number of amides is 1. The molecule has 0 unspecified atom stereocenters. The number of nitrogens with zero attached hydrogens (tertiary/aromatic N) is 1. The molecule has 0 saturated carbocycles. The van der Waals surface area contributed by atoms with E-state index in [-0.39, 0.29) is 11.4 Å². The molecule has 0 fully saturated rings. The third-order valence-corrected chi connectivity index (χ3v) is 6.10. The number of ether oxygens (including phenoxy) is 1. The normalized spacial score (nSPS) is 11.1. The second-order valence-corrected chi connectivity index (χ2v) is 10.0. The van der Waals surface area contributed by atoms with E-state index in [2.05, 4.69) is 15.0 Å². The highest BCUT2D eigenvalue weighted by molar-refractivity contribution is 7.92. The van der Waals surface area contributed by atoms with Crippen LogP contribution >= 0.6 is 11.3 Å². The number of thiophene rings is 1. The molecule has 0 saturated heterocycles. The number of hydrogen-bond acceptors (Lipinski definition) is 6. The fourth-order valence-corrected chi connectivity index (χ4v) is 4.50. The van der Waals surface area contributed by atoms with Crippen molar-refractivity contribution in [3.8, 4) is 17.0 Å². The lowest BCUT2D eigenvalue weighted by molar-refractivity contribution is 0.103. The van der Waals surface area contributed by atoms with Crippen LogP contribution in [-0.2, 0) is 16.6 Å². The number of aromatic nitrogens is 1. The van der Waals surface area contributed by atoms with Crippen molar-refractivity contribution in [1.82, 2.24) is 4.98 Å². The van der Waals surface area contributed by atoms with Gasteiger partial charge in [-0.2, -0.15) is 0 Å². The van der Waals surface area contributed by atoms with Gasteiger partial charge in [-0.1, -0.05) is 30.3 Å². The number of sulfonamides is 1. The van der Waals surface area contributed by atoms with Crippen molar-refractivity contribution in [2.45, 2.75) is 6.61 Å². The molecule has 7 nitrogen and oxygen atoms in total. The molecular weight excluding hydrogens is 477 g/mol. The van der Waals surface area contributed by atoms with Crippen LogP contribution in [-0.4, -0.2) is 25.6 Å². The SMILES string of the molecule is CS(=O)(=O)Nc1cc(F)cc(NC(=O)c2cc(-c3ncccc3OCc3ccccc3)cs2)c1. The van der Waals surface area contributed by atoms with Crippen LogP contribution in [0.1, 0.15) is 15.2 Å². The van der Waals surface area contributed by atoms with Crippen LogP contribution in [0.15, 0.2) is 78.3 Å². The van der Waals surface area contributed by atoms with E-state index in [4.69, 9.17) is 4.74 Å². The Hall–Kier alpha value is -3.76. The first kappa shape index (κ1) is 23.4. The van der Waals surface area contributed by atoms with Crippen LogP contribution in [0.2, 0.25) is 0 Å². The van der Waals surface area contributed by atoms with E-state index in [0.717, 1.165) is 24.0 Å². The molecule has 174 valence electrons. The first-order valence-electron chi connectivity index (χ1n) is 10.1. The zero-order chi connectivity index (χ0) is 24.1. The fraction of sp³-hybridized carbons (Fsp3) is 0.0833. The van der Waals surface area contributed by atoms with Gasteiger partial charge in [0, 0.05) is 22.8 Å². The van der Waals surface area contributed by atoms with E-state index in [9.17, 15) is 17.6 Å². The maximum Gasteiger partial charge on any atom is 0.265 e. The standard InChI is InChI=1S/C24H20FN3O4S2/c1-34(30,31)28-20-12-18(25)11-19(13-20)27-24(29)22-10-17(15-33-22)23-21(8-5-9-26-23)32-14-16-6-3-2-4-7-16/h2-13,15,28H,14H2,1H3,(H,27,29). The monoisotopic (exact) mass is 497 g/mol. The number of halogens is 1. The highest BCUT2D eigenvalue weighted by Gasteiger charge is 2.15. The van der Waals surface area contributed by atoms with Crippen LogP contribution in [0.3, 0.4) is 0 Å². The Kier molecular flexibility index (Phi) is 6.90. The minimum Gasteiger partial charge on any atom is -0.487 e. The average molecular weight is 498 g/mol. The number of rotatable bonds is 8. The zero-order valence-electron chi connectivity index (χ0n) is 18.0. The molecule has 34 heavy (non-hydrogen) atoms. The van der Waals surface area contributed by atoms with Gasteiger partial charge in [-0.05, 0) is 42.0 Å². The summed E-state index contributed by atoms with van der Waals surface area (Å²) in [6.07, 6.45) is 2.60. The number of anilines is 2. The number of carbonyl (C=O) groups is 1. The largest absolute Gasteiger partial charge is 0.487 e. The van der Waals surface area contributed by atoms with Crippen molar-refractivity contribution >= 4 is 38.6 Å². The molecule has 1 amide bonds. The van der Waals surface area contributed by atoms with Crippen LogP contribution < -0.4 is 14.8 Å². The Bertz CT molecular complexity index is 1420. The van der Waals surface area contributed by atoms with Gasteiger partial charge in [0.25, 0.3) is 5.91 Å². The maximum atomic E-state index is 13.9. The van der Waals surface area contributed by atoms with Crippen LogP contribution in [0.25, 0.3) is 11.3 Å². The van der Waals surface area contributed by atoms with E-state index in [1.165, 1.54) is 17.4 Å². The summed E-state index contributed by atoms with van der Waals surface area (Å²) >= 11 is 1.20. The van der Waals surface area contributed by atoms with Gasteiger partial charge in [0.05, 0.1) is 16.8 Å². The van der Waals surface area contributed by atoms with Crippen molar-refractivity contribution in [1.29, 1.82) is 0 Å². The van der Waals surface area contributed by atoms with E-state index in [1.807, 2.05) is 36.4 Å². The van der Waals surface area contributed by atoms with Crippen molar-refractivity contribution in [3.05, 3.63) is 94.6 Å². The highest BCUT2D eigenvalue weighted by Crippen LogP contribution is 2.32. The summed E-state index contributed by atoms with van der Waals surface area (Å²) in [6, 6.07) is 18.5. The molecule has 10 heteroatoms. The first-order valence-corrected chi connectivity index (χ1v) is 12.8. The van der Waals surface area contributed by atoms with Gasteiger partial charge in [-0.3, -0.25) is 14.5 Å². The Morgan fingerprint density at radius 1 is 1.06 bits per heavy atom. The molecule has 2 aromatic carbocycles. The molecule has 0 aliphatic carbocycles. The Morgan fingerprint density at radius 3 is 2.59 bits per heavy atom. The topological polar surface area (TPSA) is 97.4 Å². The number of nitrogens with one attached hydrogen (secondary N) is 2. The quantitative estimate of drug-likeness (QED) is 0.351. The number of hydrogen-bond donors (Lipinski definition) is 2. The lowest BCUT2D eigenvalue weighted by Gasteiger charge is -2.10. The molecule has 0 aliphatic heterocycles. The second-order valence-electron chi connectivity index (χ2n) is 7.38. The van der Waals surface area contributed by atoms with E-state index >= 15 is 0 Å². The third kappa shape index (κ3) is 6.18. The molecule has 2 heterocycles. The summed E-state index contributed by atoms with van der Waals surface area (Å²) in [5, 5.41) is 4.38. The summed E-state index contributed by atoms with van der Waals surface area (Å²) < 4.78 is 44.9. The van der Waals surface area contributed by atoms with Gasteiger partial charge < -0.3 is 10.1 Å². The van der Waals surface area contributed by atoms with Crippen molar-refractivity contribution in [3.63, 3.8) is 0 Å². The maximum absolute atomic E-state index is 13.9. The molecule has 0 radical (unpaired) electrons. The Morgan fingerprint density at radius 2 is 1.82 bits per heavy atom. The summed E-state index contributed by atoms with van der Waals surface area (Å²) in [4.78, 5) is 17.5. The van der Waals surface area contributed by atoms with Crippen LogP contribution in [0.4, 0.5) is 15.8 Å². The minimum atomic E-state index is -3.59. The van der Waals surface area contributed by atoms with Gasteiger partial charge >= 0.3 is 0 Å². The van der Waals surface area contributed by atoms with Gasteiger partial charge in [0.1, 0.15) is 23.9 Å². The number of benzene rings is 2. The highest BCUT2D eigenvalue weighted by atomic mass is 32.2. The van der Waals surface area contributed by atoms with Gasteiger partial charge in [-0.25, -0.2) is 12.8 Å². The molecule has 0 aliphatic rings. The van der Waals surface area contributed by atoms with Gasteiger partial charge in [0.2, 0.25) is 10.0 Å². The van der Waals surface area contributed by atoms with Crippen molar-refractivity contribution < 1.29 is 22.3 Å². The predicted octanol–water partition coefficient (Wildman–Crippen LogP) is 5.15. The molecule has 4 rings (SSSR count). The number of carbonyl (C=O) groups excluding carboxylic acids is 1. The minimum absolute atomic E-state index is 0.0124. The number of pyridine rings is 1. The molecule has 2 N–H and O–H groups in total. The Labute approximate surface area is 200 Å². The van der Waals surface area contributed by atoms with E-state index in [0.29, 0.717) is 28.5 Å². The molecule has 4 aromatic rings. The second kappa shape index (κ2) is 10.0. The van der Waals surface area contributed by atoms with E-state index in [1.54, 1.807) is 23.7 Å². The summed E-state index contributed by atoms with van der Waals surface area (Å²) in [6.45, 7) is 0.375. The van der Waals surface area contributed by atoms with E-state index < -0.39 is 21.7 Å². The summed E-state index contributed by atoms with van der Waals surface area (Å²) in [7, 11) is -3.59. The molecule has 2 aromatic heterocycles. The lowest BCUT2D eigenvalue weighted by Crippen LogP contribution is -2.12. The van der Waals surface area contributed by atoms with Crippen LogP contribution in [0, 0.1) is 5.82 Å². The predicted molar refractivity (Wildman–Crippen MR) is 131 cm³/mol. The molecule has 0 bridgehead atoms. The summed E-state index contributed by atoms with van der Waals surface area (Å²) in [5.41, 5.74) is 2.45. The first-order chi connectivity index (χ1) is 16.3.